The molecular formula is C18H15BrN4O5S2. The molecule has 0 aliphatic carbocycles. The number of anilines is 1. The third kappa shape index (κ3) is 3.73. The van der Waals surface area contributed by atoms with Crippen LogP contribution in [0.25, 0.3) is 11.1 Å². The molecule has 0 spiro atoms. The number of sulfonamides is 1. The Morgan fingerprint density at radius 1 is 1.30 bits per heavy atom. The Hall–Kier alpha value is -2.70. The van der Waals surface area contributed by atoms with E-state index in [0.717, 1.165) is 22.7 Å². The second-order valence-electron chi connectivity index (χ2n) is 6.32. The molecule has 4 aromatic rings. The highest BCUT2D eigenvalue weighted by atomic mass is 79.9. The Kier molecular flexibility index (Phi) is 5.38. The molecule has 2 aromatic heterocycles. The average molecular weight is 511 g/mol. The first kappa shape index (κ1) is 20.6. The number of aromatic nitrogens is 3. The van der Waals surface area contributed by atoms with Crippen molar-refractivity contribution in [2.75, 3.05) is 11.4 Å². The third-order valence-electron chi connectivity index (χ3n) is 4.47. The molecule has 1 N–H and O–H groups in total. The van der Waals surface area contributed by atoms with Gasteiger partial charge in [0.05, 0.1) is 19.2 Å². The number of aromatic amines is 1. The van der Waals surface area contributed by atoms with E-state index in [4.69, 9.17) is 9.15 Å². The van der Waals surface area contributed by atoms with E-state index in [2.05, 4.69) is 30.3 Å². The summed E-state index contributed by atoms with van der Waals surface area (Å²) in [5, 5.41) is 0.215. The van der Waals surface area contributed by atoms with Crippen molar-refractivity contribution < 1.29 is 17.6 Å². The number of halogens is 1. The van der Waals surface area contributed by atoms with E-state index in [-0.39, 0.29) is 26.6 Å². The first-order chi connectivity index (χ1) is 14.3. The number of methoxy groups -OCH3 is 1. The molecular weight excluding hydrogens is 496 g/mol. The molecule has 0 radical (unpaired) electrons. The number of nitrogens with one attached hydrogen (secondary N) is 1. The van der Waals surface area contributed by atoms with Crippen LogP contribution in [0.4, 0.5) is 5.13 Å². The first-order valence-corrected chi connectivity index (χ1v) is 11.6. The fraction of sp³-hybridized carbons (Fsp3) is 0.167. The fourth-order valence-electron chi connectivity index (χ4n) is 2.93. The molecule has 156 valence electrons. The Bertz CT molecular complexity index is 1380. The molecule has 0 aliphatic rings. The molecule has 0 amide bonds. The zero-order valence-corrected chi connectivity index (χ0v) is 19.0. The van der Waals surface area contributed by atoms with Crippen LogP contribution in [0.3, 0.4) is 0 Å². The van der Waals surface area contributed by atoms with Crippen LogP contribution in [-0.4, -0.2) is 29.9 Å². The van der Waals surface area contributed by atoms with Crippen molar-refractivity contribution in [1.82, 2.24) is 14.3 Å². The standard InChI is InChI=1S/C18H15BrN4O5S2/c1-10-5-12(27-2)4-3-11(10)8-23(17-20-9-21-29-17)30(25,26)16-7-15-14(6-13(16)19)22-18(24)28-15/h3-7,9H,8H2,1-2H3,(H,22,24). The smallest absolute Gasteiger partial charge is 0.417 e. The lowest BCUT2D eigenvalue weighted by molar-refractivity contribution is 0.414. The maximum atomic E-state index is 13.6. The number of rotatable bonds is 6. The van der Waals surface area contributed by atoms with E-state index in [9.17, 15) is 13.2 Å². The van der Waals surface area contributed by atoms with Gasteiger partial charge in [-0.1, -0.05) is 6.07 Å². The van der Waals surface area contributed by atoms with E-state index in [1.807, 2.05) is 13.0 Å². The highest BCUT2D eigenvalue weighted by molar-refractivity contribution is 9.10. The van der Waals surface area contributed by atoms with Gasteiger partial charge in [-0.05, 0) is 52.2 Å². The number of hydrogen-bond acceptors (Lipinski definition) is 8. The minimum atomic E-state index is -4.08. The van der Waals surface area contributed by atoms with Crippen LogP contribution in [0.2, 0.25) is 0 Å². The summed E-state index contributed by atoms with van der Waals surface area (Å²) < 4.78 is 42.9. The molecule has 12 heteroatoms. The van der Waals surface area contributed by atoms with Crippen molar-refractivity contribution in [2.24, 2.45) is 0 Å². The van der Waals surface area contributed by atoms with Crippen LogP contribution in [-0.2, 0) is 16.6 Å². The number of H-pyrrole nitrogens is 1. The molecule has 0 saturated carbocycles. The Labute approximate surface area is 183 Å². The molecule has 30 heavy (non-hydrogen) atoms. The van der Waals surface area contributed by atoms with Gasteiger partial charge < -0.3 is 9.15 Å². The monoisotopic (exact) mass is 510 g/mol. The fourth-order valence-corrected chi connectivity index (χ4v) is 6.08. The van der Waals surface area contributed by atoms with Gasteiger partial charge in [0.2, 0.25) is 5.13 Å². The quantitative estimate of drug-likeness (QED) is 0.421. The molecule has 0 aliphatic heterocycles. The third-order valence-corrected chi connectivity index (χ3v) is 7.97. The van der Waals surface area contributed by atoms with Gasteiger partial charge in [-0.2, -0.15) is 4.37 Å². The highest BCUT2D eigenvalue weighted by Crippen LogP contribution is 2.33. The zero-order valence-electron chi connectivity index (χ0n) is 15.7. The molecule has 9 nitrogen and oxygen atoms in total. The summed E-state index contributed by atoms with van der Waals surface area (Å²) in [6.07, 6.45) is 1.30. The number of benzene rings is 2. The van der Waals surface area contributed by atoms with E-state index in [1.54, 1.807) is 19.2 Å². The van der Waals surface area contributed by atoms with Crippen LogP contribution >= 0.6 is 27.5 Å². The number of oxazole rings is 1. The van der Waals surface area contributed by atoms with Crippen molar-refractivity contribution in [2.45, 2.75) is 18.4 Å². The number of nitrogens with zero attached hydrogens (tertiary/aromatic N) is 3. The Morgan fingerprint density at radius 2 is 2.10 bits per heavy atom. The van der Waals surface area contributed by atoms with Crippen molar-refractivity contribution in [3.63, 3.8) is 0 Å². The summed E-state index contributed by atoms with van der Waals surface area (Å²) >= 11 is 4.26. The lowest BCUT2D eigenvalue weighted by Gasteiger charge is -2.23. The van der Waals surface area contributed by atoms with E-state index in [1.165, 1.54) is 22.8 Å². The molecule has 0 bridgehead atoms. The average Bonchev–Trinajstić information content (AvgIpc) is 3.34. The van der Waals surface area contributed by atoms with E-state index >= 15 is 0 Å². The van der Waals surface area contributed by atoms with Crippen molar-refractivity contribution >= 4 is 53.7 Å². The van der Waals surface area contributed by atoms with Crippen molar-refractivity contribution in [3.05, 3.63) is 62.8 Å². The maximum Gasteiger partial charge on any atom is 0.417 e. The molecule has 0 unspecified atom stereocenters. The van der Waals surface area contributed by atoms with Gasteiger partial charge in [0, 0.05) is 22.1 Å². The van der Waals surface area contributed by atoms with Crippen LogP contribution in [0.15, 0.2) is 55.2 Å². The Balaban J connectivity index is 1.83. The lowest BCUT2D eigenvalue weighted by atomic mass is 10.1. The van der Waals surface area contributed by atoms with Gasteiger partial charge >= 0.3 is 5.76 Å². The van der Waals surface area contributed by atoms with Crippen LogP contribution < -0.4 is 14.8 Å². The Morgan fingerprint density at radius 3 is 2.77 bits per heavy atom. The van der Waals surface area contributed by atoms with Gasteiger partial charge in [-0.3, -0.25) is 4.98 Å². The molecule has 2 aromatic carbocycles. The maximum absolute atomic E-state index is 13.6. The SMILES string of the molecule is COc1ccc(CN(c2ncns2)S(=O)(=O)c2cc3oc(=O)[nH]c3cc2Br)c(C)c1. The second-order valence-corrected chi connectivity index (χ2v) is 9.76. The normalized spacial score (nSPS) is 11.7. The minimum absolute atomic E-state index is 0.0366. The van der Waals surface area contributed by atoms with Crippen LogP contribution in [0, 0.1) is 6.92 Å². The van der Waals surface area contributed by atoms with E-state index < -0.39 is 15.8 Å². The van der Waals surface area contributed by atoms with Gasteiger partial charge in [-0.15, -0.1) is 0 Å². The van der Waals surface area contributed by atoms with Gasteiger partial charge in [0.25, 0.3) is 10.0 Å². The highest BCUT2D eigenvalue weighted by Gasteiger charge is 2.30. The molecule has 0 saturated heterocycles. The second kappa shape index (κ2) is 7.85. The number of aryl methyl sites for hydroxylation is 1. The van der Waals surface area contributed by atoms with Crippen LogP contribution in [0.1, 0.15) is 11.1 Å². The summed E-state index contributed by atoms with van der Waals surface area (Å²) in [4.78, 5) is 18.0. The van der Waals surface area contributed by atoms with E-state index in [0.29, 0.717) is 11.3 Å². The number of ether oxygens (including phenoxy) is 1. The predicted octanol–water partition coefficient (Wildman–Crippen LogP) is 3.45. The molecule has 0 atom stereocenters. The largest absolute Gasteiger partial charge is 0.497 e. The lowest BCUT2D eigenvalue weighted by Crippen LogP contribution is -2.31. The summed E-state index contributed by atoms with van der Waals surface area (Å²) in [5.41, 5.74) is 2.17. The summed E-state index contributed by atoms with van der Waals surface area (Å²) in [6.45, 7) is 1.91. The number of hydrogen-bond donors (Lipinski definition) is 1. The number of fused-ring (bicyclic) bond motifs is 1. The molecule has 2 heterocycles. The minimum Gasteiger partial charge on any atom is -0.497 e. The van der Waals surface area contributed by atoms with Gasteiger partial charge in [0.1, 0.15) is 17.0 Å². The van der Waals surface area contributed by atoms with Crippen molar-refractivity contribution in [1.29, 1.82) is 0 Å². The summed E-state index contributed by atoms with van der Waals surface area (Å²) in [6, 6.07) is 8.20. The summed E-state index contributed by atoms with van der Waals surface area (Å²) in [7, 11) is -2.51. The molecule has 0 fully saturated rings. The first-order valence-electron chi connectivity index (χ1n) is 8.55. The van der Waals surface area contributed by atoms with Crippen LogP contribution in [0.5, 0.6) is 5.75 Å². The van der Waals surface area contributed by atoms with Crippen molar-refractivity contribution in [3.8, 4) is 5.75 Å². The topological polar surface area (TPSA) is 118 Å². The predicted molar refractivity (Wildman–Crippen MR) is 116 cm³/mol. The van der Waals surface area contributed by atoms with Gasteiger partial charge in [0.15, 0.2) is 5.58 Å². The summed E-state index contributed by atoms with van der Waals surface area (Å²) in [5.74, 6) is 0.0125. The molecule has 4 rings (SSSR count). The van der Waals surface area contributed by atoms with Gasteiger partial charge in [-0.25, -0.2) is 22.5 Å². The zero-order chi connectivity index (χ0) is 21.5.